The van der Waals surface area contributed by atoms with E-state index in [4.69, 9.17) is 16.3 Å². The number of ether oxygens (including phenoxy) is 1. The maximum atomic E-state index is 13.5. The highest BCUT2D eigenvalue weighted by atomic mass is 35.5. The lowest BCUT2D eigenvalue weighted by Crippen LogP contribution is -2.30. The van der Waals surface area contributed by atoms with Gasteiger partial charge in [-0.15, -0.1) is 0 Å². The van der Waals surface area contributed by atoms with Gasteiger partial charge >= 0.3 is 0 Å². The van der Waals surface area contributed by atoms with Gasteiger partial charge in [-0.25, -0.2) is 4.98 Å². The van der Waals surface area contributed by atoms with Gasteiger partial charge in [0.15, 0.2) is 16.7 Å². The number of rotatable bonds is 8. The van der Waals surface area contributed by atoms with Gasteiger partial charge in [0.05, 0.1) is 21.8 Å². The zero-order chi connectivity index (χ0) is 28.3. The Morgan fingerprint density at radius 1 is 0.976 bits per heavy atom. The topological polar surface area (TPSA) is 79.7 Å². The number of aliphatic hydroxyl groups is 1. The molecule has 1 aliphatic rings. The second-order valence-corrected chi connectivity index (χ2v) is 10.8. The predicted molar refractivity (Wildman–Crippen MR) is 162 cm³/mol. The fourth-order valence-electron chi connectivity index (χ4n) is 4.67. The van der Waals surface area contributed by atoms with E-state index in [-0.39, 0.29) is 5.57 Å². The van der Waals surface area contributed by atoms with E-state index in [1.165, 1.54) is 22.3 Å². The average molecular weight is 579 g/mol. The minimum atomic E-state index is -0.894. The molecule has 0 radical (unpaired) electrons. The average Bonchev–Trinajstić information content (AvgIpc) is 3.53. The van der Waals surface area contributed by atoms with Gasteiger partial charge in [-0.3, -0.25) is 14.5 Å². The number of halogens is 1. The third-order valence-electron chi connectivity index (χ3n) is 6.69. The number of aliphatic hydroxyl groups excluding tert-OH is 1. The first-order valence-electron chi connectivity index (χ1n) is 12.8. The number of hydrogen-bond acceptors (Lipinski definition) is 6. The molecule has 41 heavy (non-hydrogen) atoms. The van der Waals surface area contributed by atoms with E-state index >= 15 is 0 Å². The van der Waals surface area contributed by atoms with Crippen molar-refractivity contribution in [2.75, 3.05) is 4.90 Å². The molecule has 1 atom stereocenters. The molecule has 1 N–H and O–H groups in total. The summed E-state index contributed by atoms with van der Waals surface area (Å²) < 4.78 is 6.72. The molecule has 1 unspecified atom stereocenters. The molecule has 0 aliphatic carbocycles. The molecule has 0 bridgehead atoms. The molecule has 0 spiro atoms. The lowest BCUT2D eigenvalue weighted by molar-refractivity contribution is -0.117. The first-order valence-corrected chi connectivity index (χ1v) is 14.0. The maximum absolute atomic E-state index is 13.5. The normalized spacial score (nSPS) is 15.3. The van der Waals surface area contributed by atoms with Crippen LogP contribution in [0.5, 0.6) is 5.75 Å². The van der Waals surface area contributed by atoms with Crippen LogP contribution in [-0.2, 0) is 16.2 Å². The first-order chi connectivity index (χ1) is 20.0. The third-order valence-corrected chi connectivity index (χ3v) is 7.94. The van der Waals surface area contributed by atoms with Crippen molar-refractivity contribution in [3.05, 3.63) is 142 Å². The fourth-order valence-corrected chi connectivity index (χ4v) is 5.94. The minimum Gasteiger partial charge on any atom is -0.503 e. The Morgan fingerprint density at radius 3 is 2.41 bits per heavy atom. The predicted octanol–water partition coefficient (Wildman–Crippen LogP) is 7.71. The summed E-state index contributed by atoms with van der Waals surface area (Å²) in [5.41, 5.74) is 3.13. The molecular formula is C33H23ClN2O4S. The summed E-state index contributed by atoms with van der Waals surface area (Å²) in [6.07, 6.45) is 3.03. The van der Waals surface area contributed by atoms with Crippen molar-refractivity contribution in [2.24, 2.45) is 0 Å². The Hall–Kier alpha value is -4.72. The van der Waals surface area contributed by atoms with Crippen LogP contribution in [-0.4, -0.2) is 21.8 Å². The molecule has 1 aliphatic heterocycles. The number of hydrogen-bond donors (Lipinski definition) is 1. The van der Waals surface area contributed by atoms with Crippen molar-refractivity contribution in [1.82, 2.24) is 4.98 Å². The number of aromatic nitrogens is 1. The number of fused-ring (bicyclic) bond motifs is 1. The Kier molecular flexibility index (Phi) is 7.37. The third kappa shape index (κ3) is 5.50. The highest BCUT2D eigenvalue weighted by Gasteiger charge is 2.45. The summed E-state index contributed by atoms with van der Waals surface area (Å²) in [7, 11) is 0. The molecule has 2 heterocycles. The molecule has 5 aromatic rings. The van der Waals surface area contributed by atoms with Crippen LogP contribution in [0.25, 0.3) is 16.3 Å². The zero-order valence-corrected chi connectivity index (χ0v) is 23.2. The molecule has 4 aromatic carbocycles. The molecule has 1 aromatic heterocycles. The second kappa shape index (κ2) is 11.4. The summed E-state index contributed by atoms with van der Waals surface area (Å²) >= 11 is 7.44. The van der Waals surface area contributed by atoms with E-state index in [1.54, 1.807) is 48.5 Å². The summed E-state index contributed by atoms with van der Waals surface area (Å²) in [5, 5.41) is 11.9. The molecular weight excluding hydrogens is 556 g/mol. The zero-order valence-electron chi connectivity index (χ0n) is 21.6. The molecule has 8 heteroatoms. The van der Waals surface area contributed by atoms with Crippen LogP contribution in [0.1, 0.15) is 22.7 Å². The van der Waals surface area contributed by atoms with Crippen LogP contribution in [0.3, 0.4) is 0 Å². The number of thiazole rings is 1. The Balaban J connectivity index is 1.36. The number of carbonyl (C=O) groups excluding carboxylic acids is 2. The highest BCUT2D eigenvalue weighted by Crippen LogP contribution is 2.44. The van der Waals surface area contributed by atoms with E-state index in [9.17, 15) is 14.7 Å². The Bertz CT molecular complexity index is 1800. The number of carbonyl (C=O) groups is 2. The van der Waals surface area contributed by atoms with Gasteiger partial charge in [0.2, 0.25) is 0 Å². The summed E-state index contributed by atoms with van der Waals surface area (Å²) in [6.45, 7) is 0.400. The van der Waals surface area contributed by atoms with E-state index in [2.05, 4.69) is 4.98 Å². The van der Waals surface area contributed by atoms with Gasteiger partial charge in [-0.2, -0.15) is 0 Å². The SMILES string of the molecule is O=C(/C=C/c1ccccc1)C1=C(O)C(=O)N(c2nc3ccc(Cl)cc3s2)C1c1ccc(OCc2ccccc2)cc1. The molecule has 1 amide bonds. The number of amides is 1. The van der Waals surface area contributed by atoms with Crippen LogP contribution >= 0.6 is 22.9 Å². The summed E-state index contributed by atoms with van der Waals surface area (Å²) in [4.78, 5) is 33.1. The number of ketones is 1. The van der Waals surface area contributed by atoms with Gasteiger partial charge < -0.3 is 9.84 Å². The minimum absolute atomic E-state index is 0.0163. The van der Waals surface area contributed by atoms with Crippen molar-refractivity contribution in [3.63, 3.8) is 0 Å². The van der Waals surface area contributed by atoms with Crippen molar-refractivity contribution in [1.29, 1.82) is 0 Å². The molecule has 0 saturated heterocycles. The summed E-state index contributed by atoms with van der Waals surface area (Å²) in [5.74, 6) is -1.13. The van der Waals surface area contributed by atoms with Crippen LogP contribution in [0.15, 0.2) is 121 Å². The molecule has 6 rings (SSSR count). The van der Waals surface area contributed by atoms with E-state index in [0.717, 1.165) is 15.8 Å². The monoisotopic (exact) mass is 578 g/mol. The Morgan fingerprint density at radius 2 is 1.68 bits per heavy atom. The number of anilines is 1. The van der Waals surface area contributed by atoms with E-state index in [1.807, 2.05) is 60.7 Å². The van der Waals surface area contributed by atoms with Crippen LogP contribution in [0.4, 0.5) is 5.13 Å². The highest BCUT2D eigenvalue weighted by molar-refractivity contribution is 7.22. The lowest BCUT2D eigenvalue weighted by atomic mass is 9.95. The molecule has 6 nitrogen and oxygen atoms in total. The molecule has 202 valence electrons. The quantitative estimate of drug-likeness (QED) is 0.191. The number of nitrogens with zero attached hydrogens (tertiary/aromatic N) is 2. The molecule has 0 fully saturated rings. The van der Waals surface area contributed by atoms with E-state index < -0.39 is 23.5 Å². The number of allylic oxidation sites excluding steroid dienone is 1. The van der Waals surface area contributed by atoms with Crippen LogP contribution < -0.4 is 9.64 Å². The van der Waals surface area contributed by atoms with Crippen molar-refractivity contribution in [2.45, 2.75) is 12.6 Å². The lowest BCUT2D eigenvalue weighted by Gasteiger charge is -2.24. The summed E-state index contributed by atoms with van der Waals surface area (Å²) in [6, 6.07) is 30.7. The van der Waals surface area contributed by atoms with Crippen molar-refractivity contribution in [3.8, 4) is 5.75 Å². The fraction of sp³-hybridized carbons (Fsp3) is 0.0606. The second-order valence-electron chi connectivity index (χ2n) is 9.40. The van der Waals surface area contributed by atoms with Gasteiger partial charge in [0.25, 0.3) is 5.91 Å². The van der Waals surface area contributed by atoms with Crippen LogP contribution in [0.2, 0.25) is 5.02 Å². The molecule has 0 saturated carbocycles. The van der Waals surface area contributed by atoms with Gasteiger partial charge in [0, 0.05) is 5.02 Å². The first kappa shape index (κ1) is 26.5. The number of benzene rings is 4. The van der Waals surface area contributed by atoms with Crippen LogP contribution in [0, 0.1) is 0 Å². The standard InChI is InChI=1S/C33H23ClN2O4S/c34-24-14-17-26-28(19-24)41-33(35-26)36-30(23-12-15-25(16-13-23)40-20-22-9-5-2-6-10-22)29(31(38)32(36)39)27(37)18-11-21-7-3-1-4-8-21/h1-19,30,38H,20H2/b18-11+. The van der Waals surface area contributed by atoms with Gasteiger partial charge in [-0.05, 0) is 53.1 Å². The van der Waals surface area contributed by atoms with E-state index in [0.29, 0.717) is 33.6 Å². The van der Waals surface area contributed by atoms with Crippen molar-refractivity contribution < 1.29 is 19.4 Å². The van der Waals surface area contributed by atoms with Gasteiger partial charge in [-0.1, -0.05) is 102 Å². The smallest absolute Gasteiger partial charge is 0.296 e. The maximum Gasteiger partial charge on any atom is 0.296 e. The Labute approximate surface area is 245 Å². The van der Waals surface area contributed by atoms with Gasteiger partial charge in [0.1, 0.15) is 12.4 Å². The largest absolute Gasteiger partial charge is 0.503 e. The van der Waals surface area contributed by atoms with Crippen molar-refractivity contribution >= 4 is 56.1 Å².